The number of rotatable bonds is 8. The Balaban J connectivity index is 1.61. The summed E-state index contributed by atoms with van der Waals surface area (Å²) in [5, 5.41) is 12.3. The van der Waals surface area contributed by atoms with Gasteiger partial charge in [-0.15, -0.1) is 0 Å². The number of ketones is 1. The fourth-order valence-corrected chi connectivity index (χ4v) is 4.70. The zero-order valence-corrected chi connectivity index (χ0v) is 20.7. The van der Waals surface area contributed by atoms with Gasteiger partial charge in [-0.2, -0.15) is 0 Å². The number of aliphatic hydroxyl groups excluding tert-OH is 1. The Bertz CT molecular complexity index is 1470. The van der Waals surface area contributed by atoms with E-state index in [0.29, 0.717) is 23.7 Å². The number of amides is 1. The number of para-hydroxylation sites is 1. The van der Waals surface area contributed by atoms with Gasteiger partial charge in [0.1, 0.15) is 17.3 Å². The van der Waals surface area contributed by atoms with Gasteiger partial charge in [0.25, 0.3) is 11.7 Å². The highest BCUT2D eigenvalue weighted by Crippen LogP contribution is 2.42. The summed E-state index contributed by atoms with van der Waals surface area (Å²) in [6.45, 7) is 2.80. The fraction of sp³-hybridized carbons (Fsp3) is 0.200. The van der Waals surface area contributed by atoms with Gasteiger partial charge in [-0.3, -0.25) is 9.59 Å². The minimum atomic E-state index is -0.769. The van der Waals surface area contributed by atoms with Crippen LogP contribution >= 0.6 is 0 Å². The van der Waals surface area contributed by atoms with Crippen LogP contribution in [-0.4, -0.2) is 40.4 Å². The fourth-order valence-electron chi connectivity index (χ4n) is 4.70. The molecule has 0 aliphatic carbocycles. The first-order valence-corrected chi connectivity index (χ1v) is 12.2. The van der Waals surface area contributed by atoms with E-state index < -0.39 is 17.7 Å². The Kier molecular flexibility index (Phi) is 6.68. The maximum absolute atomic E-state index is 13.4. The highest BCUT2D eigenvalue weighted by atomic mass is 16.5. The molecule has 0 radical (unpaired) electrons. The molecule has 0 saturated carbocycles. The maximum Gasteiger partial charge on any atom is 0.295 e. The maximum atomic E-state index is 13.4. The predicted molar refractivity (Wildman–Crippen MR) is 141 cm³/mol. The number of aromatic amines is 1. The van der Waals surface area contributed by atoms with Crippen LogP contribution in [0, 0.1) is 0 Å². The van der Waals surface area contributed by atoms with Crippen molar-refractivity contribution in [3.05, 3.63) is 101 Å². The molecule has 1 fully saturated rings. The van der Waals surface area contributed by atoms with Crippen molar-refractivity contribution in [1.82, 2.24) is 9.88 Å². The number of nitrogens with zero attached hydrogens (tertiary/aromatic N) is 1. The van der Waals surface area contributed by atoms with E-state index in [2.05, 4.69) is 4.98 Å². The zero-order valence-electron chi connectivity index (χ0n) is 20.7. The second kappa shape index (κ2) is 10.2. The first-order valence-electron chi connectivity index (χ1n) is 12.2. The number of fused-ring (bicyclic) bond motifs is 1. The Hall–Kier alpha value is -4.52. The van der Waals surface area contributed by atoms with E-state index in [9.17, 15) is 14.7 Å². The van der Waals surface area contributed by atoms with E-state index in [-0.39, 0.29) is 17.9 Å². The number of likely N-dealkylation sites (tertiary alicyclic amines) is 1. The summed E-state index contributed by atoms with van der Waals surface area (Å²) in [7, 11) is 1.59. The SMILES string of the molecule is CCCOc1ccc(/C(O)=C2\C(=O)C(=O)N(Cc3ccc(OC)cc3)C2c2c[nH]c3ccccc23)cc1. The summed E-state index contributed by atoms with van der Waals surface area (Å²) in [5.74, 6) is -0.215. The van der Waals surface area contributed by atoms with E-state index in [4.69, 9.17) is 9.47 Å². The largest absolute Gasteiger partial charge is 0.507 e. The first kappa shape index (κ1) is 24.2. The number of H-pyrrole nitrogens is 1. The number of carbonyl (C=O) groups is 2. The standard InChI is InChI=1S/C30H28N2O5/c1-3-16-37-22-14-10-20(11-15-22)28(33)26-27(24-17-31-25-7-5-4-6-23(24)25)32(30(35)29(26)34)18-19-8-12-21(36-2)13-9-19/h4-15,17,27,31,33H,3,16,18H2,1-2H3/b28-26+. The Labute approximate surface area is 214 Å². The molecule has 2 N–H and O–H groups in total. The van der Waals surface area contributed by atoms with Crippen molar-refractivity contribution in [2.45, 2.75) is 25.9 Å². The van der Waals surface area contributed by atoms with Gasteiger partial charge in [-0.1, -0.05) is 37.3 Å². The molecule has 1 aromatic heterocycles. The Morgan fingerprint density at radius 1 is 0.973 bits per heavy atom. The number of benzene rings is 3. The molecular formula is C30H28N2O5. The van der Waals surface area contributed by atoms with E-state index in [1.807, 2.05) is 55.5 Å². The highest BCUT2D eigenvalue weighted by Gasteiger charge is 2.46. The van der Waals surface area contributed by atoms with Gasteiger partial charge < -0.3 is 24.5 Å². The number of ether oxygens (including phenoxy) is 2. The average molecular weight is 497 g/mol. The van der Waals surface area contributed by atoms with E-state index in [1.165, 1.54) is 4.90 Å². The normalized spacial score (nSPS) is 16.9. The van der Waals surface area contributed by atoms with Crippen LogP contribution in [0.1, 0.15) is 36.1 Å². The lowest BCUT2D eigenvalue weighted by atomic mass is 9.94. The minimum Gasteiger partial charge on any atom is -0.507 e. The van der Waals surface area contributed by atoms with Gasteiger partial charge in [0.15, 0.2) is 0 Å². The summed E-state index contributed by atoms with van der Waals surface area (Å²) in [5.41, 5.74) is 2.96. The average Bonchev–Trinajstić information content (AvgIpc) is 3.46. The monoisotopic (exact) mass is 496 g/mol. The molecule has 1 aliphatic heterocycles. The van der Waals surface area contributed by atoms with Crippen LogP contribution in [0.3, 0.4) is 0 Å². The number of aromatic nitrogens is 1. The van der Waals surface area contributed by atoms with Gasteiger partial charge >= 0.3 is 0 Å². The summed E-state index contributed by atoms with van der Waals surface area (Å²) >= 11 is 0. The molecule has 1 unspecified atom stereocenters. The van der Waals surface area contributed by atoms with Crippen molar-refractivity contribution < 1.29 is 24.2 Å². The third kappa shape index (κ3) is 4.56. The van der Waals surface area contributed by atoms with Gasteiger partial charge in [0.2, 0.25) is 0 Å². The molecule has 1 aliphatic rings. The third-order valence-electron chi connectivity index (χ3n) is 6.57. The number of nitrogens with one attached hydrogen (secondary N) is 1. The predicted octanol–water partition coefficient (Wildman–Crippen LogP) is 5.59. The van der Waals surface area contributed by atoms with Crippen molar-refractivity contribution in [2.24, 2.45) is 0 Å². The Morgan fingerprint density at radius 2 is 1.68 bits per heavy atom. The van der Waals surface area contributed by atoms with Gasteiger partial charge in [-0.05, 0) is 54.4 Å². The van der Waals surface area contributed by atoms with Gasteiger partial charge in [-0.25, -0.2) is 0 Å². The quantitative estimate of drug-likeness (QED) is 0.189. The van der Waals surface area contributed by atoms with Crippen LogP contribution < -0.4 is 9.47 Å². The summed E-state index contributed by atoms with van der Waals surface area (Å²) in [6.07, 6.45) is 2.68. The van der Waals surface area contributed by atoms with Crippen LogP contribution in [-0.2, 0) is 16.1 Å². The van der Waals surface area contributed by atoms with Crippen LogP contribution in [0.15, 0.2) is 84.6 Å². The van der Waals surface area contributed by atoms with Gasteiger partial charge in [0.05, 0.1) is 25.3 Å². The zero-order chi connectivity index (χ0) is 25.9. The molecule has 2 heterocycles. The first-order chi connectivity index (χ1) is 18.0. The molecule has 37 heavy (non-hydrogen) atoms. The molecule has 0 bridgehead atoms. The molecule has 188 valence electrons. The molecule has 1 saturated heterocycles. The van der Waals surface area contributed by atoms with Crippen molar-refractivity contribution in [3.8, 4) is 11.5 Å². The molecule has 1 amide bonds. The van der Waals surface area contributed by atoms with Crippen molar-refractivity contribution >= 4 is 28.4 Å². The van der Waals surface area contributed by atoms with Crippen molar-refractivity contribution in [1.29, 1.82) is 0 Å². The topological polar surface area (TPSA) is 91.9 Å². The Morgan fingerprint density at radius 3 is 2.38 bits per heavy atom. The molecule has 3 aromatic carbocycles. The third-order valence-corrected chi connectivity index (χ3v) is 6.57. The van der Waals surface area contributed by atoms with Crippen molar-refractivity contribution in [3.63, 3.8) is 0 Å². The molecule has 0 spiro atoms. The minimum absolute atomic E-state index is 0.0606. The lowest BCUT2D eigenvalue weighted by molar-refractivity contribution is -0.140. The summed E-state index contributed by atoms with van der Waals surface area (Å²) in [6, 6.07) is 21.2. The van der Waals surface area contributed by atoms with Gasteiger partial charge in [0, 0.05) is 34.8 Å². The number of Topliss-reactive ketones (excluding diaryl/α,β-unsaturated/α-hetero) is 1. The lowest BCUT2D eigenvalue weighted by Crippen LogP contribution is -2.29. The van der Waals surface area contributed by atoms with E-state index >= 15 is 0 Å². The second-order valence-corrected chi connectivity index (χ2v) is 8.94. The smallest absolute Gasteiger partial charge is 0.295 e. The second-order valence-electron chi connectivity index (χ2n) is 8.94. The lowest BCUT2D eigenvalue weighted by Gasteiger charge is -2.25. The van der Waals surface area contributed by atoms with Crippen LogP contribution in [0.25, 0.3) is 16.7 Å². The van der Waals surface area contributed by atoms with E-state index in [1.54, 1.807) is 37.6 Å². The molecule has 1 atom stereocenters. The number of hydrogen-bond donors (Lipinski definition) is 2. The van der Waals surface area contributed by atoms with Crippen LogP contribution in [0.4, 0.5) is 0 Å². The molecule has 7 heteroatoms. The number of aliphatic hydroxyl groups is 1. The number of hydrogen-bond acceptors (Lipinski definition) is 5. The molecule has 5 rings (SSSR count). The number of methoxy groups -OCH3 is 1. The number of carbonyl (C=O) groups excluding carboxylic acids is 2. The van der Waals surface area contributed by atoms with Crippen molar-refractivity contribution in [2.75, 3.05) is 13.7 Å². The molecular weight excluding hydrogens is 468 g/mol. The molecule has 4 aromatic rings. The van der Waals surface area contributed by atoms with E-state index in [0.717, 1.165) is 28.5 Å². The summed E-state index contributed by atoms with van der Waals surface area (Å²) < 4.78 is 10.9. The summed E-state index contributed by atoms with van der Waals surface area (Å²) in [4.78, 5) is 31.5. The van der Waals surface area contributed by atoms with Crippen LogP contribution in [0.2, 0.25) is 0 Å². The molecule has 7 nitrogen and oxygen atoms in total. The highest BCUT2D eigenvalue weighted by molar-refractivity contribution is 6.46. The van der Waals surface area contributed by atoms with Crippen LogP contribution in [0.5, 0.6) is 11.5 Å².